The summed E-state index contributed by atoms with van der Waals surface area (Å²) in [5.41, 5.74) is 19.7. The minimum absolute atomic E-state index is 0.0446. The van der Waals surface area contributed by atoms with Gasteiger partial charge in [0.15, 0.2) is 76.7 Å². The van der Waals surface area contributed by atoms with E-state index in [1.165, 1.54) is 0 Å². The van der Waals surface area contributed by atoms with E-state index in [4.69, 9.17) is 82.8 Å². The zero-order valence-electron chi connectivity index (χ0n) is 54.8. The van der Waals surface area contributed by atoms with Gasteiger partial charge in [0.1, 0.15) is 127 Å². The average Bonchev–Trinajstić information content (AvgIpc) is 1.62. The molecule has 110 heavy (non-hydrogen) atoms. The van der Waals surface area contributed by atoms with Gasteiger partial charge < -0.3 is 107 Å². The molecule has 0 spiro atoms. The van der Waals surface area contributed by atoms with E-state index in [2.05, 4.69) is 64.3 Å². The Morgan fingerprint density at radius 1 is 0.391 bits per heavy atom. The van der Waals surface area contributed by atoms with E-state index >= 15 is 0 Å². The molecule has 14 heterocycles. The first-order valence-corrected chi connectivity index (χ1v) is 39.0. The number of nitrogens with one attached hydrogen (secondary N) is 2. The third-order valence-electron chi connectivity index (χ3n) is 17.4. The molecule has 0 saturated carbocycles. The van der Waals surface area contributed by atoms with Crippen molar-refractivity contribution < 1.29 is 147 Å². The van der Waals surface area contributed by atoms with Crippen LogP contribution in [-0.2, 0) is 87.2 Å². The Morgan fingerprint density at radius 3 is 1.06 bits per heavy atom. The van der Waals surface area contributed by atoms with Gasteiger partial charge in [-0.25, -0.2) is 77.5 Å². The Balaban J connectivity index is 0.701. The Kier molecular flexibility index (Phi) is 21.6. The van der Waals surface area contributed by atoms with E-state index in [-0.39, 0.29) is 62.1 Å². The number of aliphatic hydroxyl groups is 6. The molecule has 9 aromatic heterocycles. The van der Waals surface area contributed by atoms with Crippen molar-refractivity contribution in [3.63, 3.8) is 0 Å². The third kappa shape index (κ3) is 15.8. The predicted octanol–water partition coefficient (Wildman–Crippen LogP) is -6.71. The minimum atomic E-state index is -5.89. The van der Waals surface area contributed by atoms with E-state index in [0.717, 1.165) is 74.8 Å². The van der Waals surface area contributed by atoms with Gasteiger partial charge >= 0.3 is 44.8 Å². The van der Waals surface area contributed by atoms with Crippen molar-refractivity contribution in [1.29, 1.82) is 0 Å². The molecule has 5 aliphatic rings. The van der Waals surface area contributed by atoms with Crippen LogP contribution in [0.5, 0.6) is 0 Å². The molecule has 596 valence electrons. The van der Waals surface area contributed by atoms with E-state index in [9.17, 15) is 97.2 Å². The van der Waals surface area contributed by atoms with Crippen molar-refractivity contribution in [2.24, 2.45) is 0 Å². The fourth-order valence-corrected chi connectivity index (χ4v) is 16.7. The number of hydrogen-bond acceptors (Lipinski definition) is 43. The molecule has 5 fully saturated rings. The lowest BCUT2D eigenvalue weighted by Crippen LogP contribution is -2.38. The summed E-state index contributed by atoms with van der Waals surface area (Å²) in [6.45, 7) is -6.20. The SMILES string of the molecule is Nc1nc2c(ncn2[C@@H]2O[C@H](COP(=O)(O)O)[C@@H](OP(=O)(O)OC[C@H]3O[C@@H](n4cnc5c(N)ncnc54)[C@H](O)[C@@H]3OP(=O)(O)OC[C@H]3O[C@@H](n4cnc5c(N)ncnc54)[C@H](O)[C@@H]3OP(=O)(O)OC[C@H]3O[C@@H](n4cnc5c(N)ncnc54)[C@H](O)[C@@H]3OP(=O)(O)OC[C@H]3O[C@@H](n4ccc(=O)[nH]c4=O)[C@H](O)[C@@H]3O)[C@H]2O)c(=O)[nH]1. The van der Waals surface area contributed by atoms with Gasteiger partial charge in [-0.3, -0.25) is 83.1 Å². The van der Waals surface area contributed by atoms with Crippen LogP contribution in [0.3, 0.4) is 0 Å². The maximum atomic E-state index is 14.5. The van der Waals surface area contributed by atoms with Crippen LogP contribution in [0.2, 0.25) is 0 Å². The van der Waals surface area contributed by atoms with Crippen molar-refractivity contribution in [2.75, 3.05) is 56.0 Å². The lowest BCUT2D eigenvalue weighted by molar-refractivity contribution is -0.0646. The summed E-state index contributed by atoms with van der Waals surface area (Å²) in [6, 6.07) is 0.897. The first kappa shape index (κ1) is 78.7. The lowest BCUT2D eigenvalue weighted by Gasteiger charge is -2.27. The molecule has 5 aliphatic heterocycles. The number of H-pyrrole nitrogens is 2. The van der Waals surface area contributed by atoms with Gasteiger partial charge in [-0.2, -0.15) is 4.98 Å². The number of anilines is 4. The highest BCUT2D eigenvalue weighted by molar-refractivity contribution is 7.48. The molecular weight excluding hydrogens is 1600 g/mol. The molecule has 0 aliphatic carbocycles. The van der Waals surface area contributed by atoms with Gasteiger partial charge in [0.2, 0.25) is 5.95 Å². The van der Waals surface area contributed by atoms with Gasteiger partial charge in [-0.1, -0.05) is 0 Å². The Morgan fingerprint density at radius 2 is 0.709 bits per heavy atom. The maximum Gasteiger partial charge on any atom is 0.472 e. The molecular formula is C49H61N22O34P5. The number of ether oxygens (including phenoxy) is 5. The number of hydrogen-bond donors (Lipinski definition) is 18. The van der Waals surface area contributed by atoms with Crippen LogP contribution in [-0.4, -0.2) is 272 Å². The second-order valence-electron chi connectivity index (χ2n) is 24.4. The molecule has 5 saturated heterocycles. The highest BCUT2D eigenvalue weighted by atomic mass is 31.2. The number of imidazole rings is 4. The standard InChI is InChI=1S/C49H61N22O34P5/c50-35-21-38(57-8-54-35)68(11-60-21)44-27(75)32(103-107(84,85)93-3-15-25(73)26(74)43(97-15)67-2-1-20(72)64-49(67)80)17(99-44)5-95-109(88,89)105-34-19(101-46(29(34)77)70-13-62-23-37(52)56-10-59-40(23)70)7-96-110(90,91)104-33-18(100-45(28(33)76)69-12-61-22-36(51)55-9-58-39(22)69)6-94-108(86,87)102-31-16(4-92-106(81,82)83)98-47(30(31)78)71-14-63-24-41(71)65-48(53)66-42(24)79/h1-2,8-19,25-34,43-47,73-78H,3-7H2,(H,84,85)(H,86,87)(H,88,89)(H,90,91)(H2,50,54,57)(H2,51,55,58)(H2,52,56,59)(H,64,72,80)(H2,81,82,83)(H3,53,65,66,79)/t15-,16-,17-,18-,19-,25-,26-,27-,28-,29-,30-,31-,32-,33-,34-,43-,44-,45-,46-,47-/m1/s1. The van der Waals surface area contributed by atoms with E-state index in [1.807, 2.05) is 4.98 Å². The van der Waals surface area contributed by atoms with E-state index in [0.29, 0.717) is 4.57 Å². The second-order valence-corrected chi connectivity index (χ2v) is 31.3. The number of phosphoric ester groups is 5. The highest BCUT2D eigenvalue weighted by Gasteiger charge is 2.57. The summed E-state index contributed by atoms with van der Waals surface area (Å²) in [6.07, 6.45) is -32.1. The normalized spacial score (nSPS) is 31.6. The third-order valence-corrected chi connectivity index (χ3v) is 21.9. The topological polar surface area (TPSA) is 811 Å². The van der Waals surface area contributed by atoms with Gasteiger partial charge in [0.05, 0.1) is 58.3 Å². The number of nitrogen functional groups attached to an aromatic ring is 4. The van der Waals surface area contributed by atoms with Crippen LogP contribution in [0.1, 0.15) is 31.1 Å². The molecule has 4 unspecified atom stereocenters. The monoisotopic (exact) mass is 1660 g/mol. The Hall–Kier alpha value is -8.01. The molecule has 0 aromatic carbocycles. The first-order valence-electron chi connectivity index (χ1n) is 31.4. The summed E-state index contributed by atoms with van der Waals surface area (Å²) in [7, 11) is -28.5. The minimum Gasteiger partial charge on any atom is -0.387 e. The molecule has 14 rings (SSSR count). The molecule has 61 heteroatoms. The summed E-state index contributed by atoms with van der Waals surface area (Å²) in [5, 5.41) is 69.2. The summed E-state index contributed by atoms with van der Waals surface area (Å²) in [5.74, 6) is -0.977. The number of nitrogens with two attached hydrogens (primary N) is 4. The van der Waals surface area contributed by atoms with Gasteiger partial charge in [0.25, 0.3) is 11.1 Å². The number of rotatable bonds is 28. The van der Waals surface area contributed by atoms with Gasteiger partial charge in [-0.15, -0.1) is 0 Å². The molecule has 0 amide bonds. The van der Waals surface area contributed by atoms with Crippen molar-refractivity contribution >= 4 is 107 Å². The molecule has 0 radical (unpaired) electrons. The fourth-order valence-electron chi connectivity index (χ4n) is 12.5. The molecule has 0 bridgehead atoms. The zero-order chi connectivity index (χ0) is 78.6. The summed E-state index contributed by atoms with van der Waals surface area (Å²) >= 11 is 0. The Bertz CT molecular complexity index is 5400. The van der Waals surface area contributed by atoms with Crippen molar-refractivity contribution in [1.82, 2.24) is 87.6 Å². The fraction of sp³-hybridized carbons (Fsp3) is 0.510. The quantitative estimate of drug-likeness (QED) is 0.0203. The molecule has 56 nitrogen and oxygen atoms in total. The predicted molar refractivity (Wildman–Crippen MR) is 349 cm³/mol. The zero-order valence-corrected chi connectivity index (χ0v) is 59.3. The van der Waals surface area contributed by atoms with Crippen LogP contribution >= 0.6 is 39.1 Å². The average molecular weight is 1660 g/mol. The smallest absolute Gasteiger partial charge is 0.387 e. The largest absolute Gasteiger partial charge is 0.472 e. The highest BCUT2D eigenvalue weighted by Crippen LogP contribution is 2.56. The molecule has 22 N–H and O–H groups in total. The van der Waals surface area contributed by atoms with Crippen LogP contribution < -0.4 is 39.7 Å². The van der Waals surface area contributed by atoms with Crippen LogP contribution in [0.4, 0.5) is 23.4 Å². The Labute approximate surface area is 606 Å². The van der Waals surface area contributed by atoms with E-state index < -0.39 is 218 Å². The second kappa shape index (κ2) is 30.2. The number of aliphatic hydroxyl groups excluding tert-OH is 6. The van der Waals surface area contributed by atoms with Crippen LogP contribution in [0, 0.1) is 0 Å². The van der Waals surface area contributed by atoms with E-state index in [1.54, 1.807) is 0 Å². The summed E-state index contributed by atoms with van der Waals surface area (Å²) in [4.78, 5) is 150. The lowest BCUT2D eigenvalue weighted by atomic mass is 10.1. The number of nitrogens with zero attached hydrogens (tertiary/aromatic N) is 16. The van der Waals surface area contributed by atoms with Gasteiger partial charge in [0, 0.05) is 12.3 Å². The van der Waals surface area contributed by atoms with Crippen molar-refractivity contribution in [2.45, 2.75) is 123 Å². The number of phosphoric acid groups is 5. The van der Waals surface area contributed by atoms with Crippen LogP contribution in [0.25, 0.3) is 44.7 Å². The van der Waals surface area contributed by atoms with Crippen LogP contribution in [0.15, 0.2) is 70.9 Å². The molecule has 24 atom stereocenters. The maximum absolute atomic E-state index is 14.5. The van der Waals surface area contributed by atoms with Crippen molar-refractivity contribution in [3.05, 3.63) is 87.7 Å². The molecule has 9 aromatic rings. The van der Waals surface area contributed by atoms with Gasteiger partial charge in [-0.05, 0) is 0 Å². The summed E-state index contributed by atoms with van der Waals surface area (Å²) < 4.78 is 150. The number of aromatic amines is 2. The first-order chi connectivity index (χ1) is 51.9. The van der Waals surface area contributed by atoms with Crippen molar-refractivity contribution in [3.8, 4) is 0 Å². The number of fused-ring (bicyclic) bond motifs is 4. The number of aromatic nitrogens is 18.